The Morgan fingerprint density at radius 2 is 2.17 bits per heavy atom. The SMILES string of the molecule is CC(C)Oc1ccc(N(C)C(=O)CCN)cc1Cl. The molecular weight excluding hydrogens is 252 g/mol. The topological polar surface area (TPSA) is 55.6 Å². The summed E-state index contributed by atoms with van der Waals surface area (Å²) in [5, 5.41) is 0.494. The van der Waals surface area contributed by atoms with E-state index in [9.17, 15) is 4.79 Å². The van der Waals surface area contributed by atoms with Crippen LogP contribution in [0.2, 0.25) is 5.02 Å². The fourth-order valence-electron chi connectivity index (χ4n) is 1.48. The lowest BCUT2D eigenvalue weighted by Gasteiger charge is -2.19. The number of hydrogen-bond donors (Lipinski definition) is 1. The van der Waals surface area contributed by atoms with Crippen molar-refractivity contribution in [1.82, 2.24) is 0 Å². The van der Waals surface area contributed by atoms with Crippen molar-refractivity contribution in [3.8, 4) is 5.75 Å². The van der Waals surface area contributed by atoms with Crippen LogP contribution >= 0.6 is 11.6 Å². The second-order valence-electron chi connectivity index (χ2n) is 4.27. The monoisotopic (exact) mass is 270 g/mol. The van der Waals surface area contributed by atoms with Crippen molar-refractivity contribution in [3.05, 3.63) is 23.2 Å². The Labute approximate surface area is 113 Å². The molecule has 0 aromatic heterocycles. The molecule has 18 heavy (non-hydrogen) atoms. The van der Waals surface area contributed by atoms with E-state index >= 15 is 0 Å². The van der Waals surface area contributed by atoms with Crippen LogP contribution in [-0.2, 0) is 4.79 Å². The van der Waals surface area contributed by atoms with Gasteiger partial charge in [0, 0.05) is 25.7 Å². The van der Waals surface area contributed by atoms with Crippen molar-refractivity contribution < 1.29 is 9.53 Å². The number of carbonyl (C=O) groups is 1. The smallest absolute Gasteiger partial charge is 0.227 e. The Balaban J connectivity index is 2.86. The van der Waals surface area contributed by atoms with Crippen LogP contribution in [0, 0.1) is 0 Å². The fourth-order valence-corrected chi connectivity index (χ4v) is 1.70. The van der Waals surface area contributed by atoms with Crippen molar-refractivity contribution in [1.29, 1.82) is 0 Å². The number of carbonyl (C=O) groups excluding carboxylic acids is 1. The molecule has 0 saturated heterocycles. The van der Waals surface area contributed by atoms with E-state index in [0.29, 0.717) is 23.7 Å². The summed E-state index contributed by atoms with van der Waals surface area (Å²) in [4.78, 5) is 13.2. The average molecular weight is 271 g/mol. The van der Waals surface area contributed by atoms with Crippen LogP contribution in [-0.4, -0.2) is 25.6 Å². The van der Waals surface area contributed by atoms with E-state index in [1.807, 2.05) is 13.8 Å². The van der Waals surface area contributed by atoms with Crippen LogP contribution in [0.25, 0.3) is 0 Å². The second-order valence-corrected chi connectivity index (χ2v) is 4.68. The summed E-state index contributed by atoms with van der Waals surface area (Å²) in [6.45, 7) is 4.20. The summed E-state index contributed by atoms with van der Waals surface area (Å²) in [6, 6.07) is 5.29. The first-order valence-corrected chi connectivity index (χ1v) is 6.26. The van der Waals surface area contributed by atoms with Gasteiger partial charge in [0.05, 0.1) is 11.1 Å². The molecule has 1 aromatic rings. The summed E-state index contributed by atoms with van der Waals surface area (Å²) in [7, 11) is 1.70. The van der Waals surface area contributed by atoms with E-state index < -0.39 is 0 Å². The van der Waals surface area contributed by atoms with Crippen molar-refractivity contribution in [2.45, 2.75) is 26.4 Å². The van der Waals surface area contributed by atoms with Crippen LogP contribution in [0.1, 0.15) is 20.3 Å². The number of nitrogens with two attached hydrogens (primary N) is 1. The zero-order valence-electron chi connectivity index (χ0n) is 10.9. The second kappa shape index (κ2) is 6.61. The zero-order valence-corrected chi connectivity index (χ0v) is 11.7. The molecule has 1 rings (SSSR count). The van der Waals surface area contributed by atoms with Crippen molar-refractivity contribution >= 4 is 23.2 Å². The van der Waals surface area contributed by atoms with Gasteiger partial charge in [0.2, 0.25) is 5.91 Å². The summed E-state index contributed by atoms with van der Waals surface area (Å²) in [5.41, 5.74) is 6.09. The maximum atomic E-state index is 11.7. The maximum absolute atomic E-state index is 11.7. The molecule has 4 nitrogen and oxygen atoms in total. The molecule has 0 aliphatic rings. The van der Waals surface area contributed by atoms with Gasteiger partial charge in [-0.25, -0.2) is 0 Å². The van der Waals surface area contributed by atoms with Crippen LogP contribution in [0.15, 0.2) is 18.2 Å². The molecule has 100 valence electrons. The van der Waals surface area contributed by atoms with Gasteiger partial charge in [0.25, 0.3) is 0 Å². The minimum absolute atomic E-state index is 0.0360. The molecule has 1 amide bonds. The van der Waals surface area contributed by atoms with E-state index in [-0.39, 0.29) is 12.0 Å². The minimum Gasteiger partial charge on any atom is -0.489 e. The number of ether oxygens (including phenoxy) is 1. The van der Waals surface area contributed by atoms with Crippen LogP contribution in [0.5, 0.6) is 5.75 Å². The molecule has 2 N–H and O–H groups in total. The van der Waals surface area contributed by atoms with E-state index in [4.69, 9.17) is 22.1 Å². The third-order valence-corrected chi connectivity index (χ3v) is 2.69. The first kappa shape index (κ1) is 14.8. The average Bonchev–Trinajstić information content (AvgIpc) is 2.30. The largest absolute Gasteiger partial charge is 0.489 e. The Kier molecular flexibility index (Phi) is 5.44. The lowest BCUT2D eigenvalue weighted by molar-refractivity contribution is -0.118. The molecule has 0 aliphatic carbocycles. The van der Waals surface area contributed by atoms with Crippen molar-refractivity contribution in [2.75, 3.05) is 18.5 Å². The molecule has 0 atom stereocenters. The van der Waals surface area contributed by atoms with E-state index in [2.05, 4.69) is 0 Å². The minimum atomic E-state index is -0.0360. The molecule has 0 radical (unpaired) electrons. The number of hydrogen-bond acceptors (Lipinski definition) is 3. The molecule has 0 aliphatic heterocycles. The summed E-state index contributed by atoms with van der Waals surface area (Å²) in [5.74, 6) is 0.584. The maximum Gasteiger partial charge on any atom is 0.227 e. The summed E-state index contributed by atoms with van der Waals surface area (Å²) >= 11 is 6.11. The third-order valence-electron chi connectivity index (χ3n) is 2.40. The molecule has 0 unspecified atom stereocenters. The molecule has 1 aromatic carbocycles. The van der Waals surface area contributed by atoms with Gasteiger partial charge in [-0.1, -0.05) is 11.6 Å². The Hall–Kier alpha value is -1.26. The summed E-state index contributed by atoms with van der Waals surface area (Å²) < 4.78 is 5.53. The van der Waals surface area contributed by atoms with Crippen LogP contribution in [0.3, 0.4) is 0 Å². The highest BCUT2D eigenvalue weighted by Crippen LogP contribution is 2.29. The Morgan fingerprint density at radius 1 is 1.50 bits per heavy atom. The van der Waals surface area contributed by atoms with Gasteiger partial charge >= 0.3 is 0 Å². The van der Waals surface area contributed by atoms with Gasteiger partial charge in [0.15, 0.2) is 0 Å². The highest BCUT2D eigenvalue weighted by molar-refractivity contribution is 6.32. The highest BCUT2D eigenvalue weighted by atomic mass is 35.5. The van der Waals surface area contributed by atoms with E-state index in [1.165, 1.54) is 4.90 Å². The van der Waals surface area contributed by atoms with Crippen molar-refractivity contribution in [2.24, 2.45) is 5.73 Å². The lowest BCUT2D eigenvalue weighted by Crippen LogP contribution is -2.28. The zero-order chi connectivity index (χ0) is 13.7. The van der Waals surface area contributed by atoms with E-state index in [1.54, 1.807) is 25.2 Å². The molecule has 0 heterocycles. The number of anilines is 1. The fraction of sp³-hybridized carbons (Fsp3) is 0.462. The standard InChI is InChI=1S/C13H19ClN2O2/c1-9(2)18-12-5-4-10(8-11(12)14)16(3)13(17)6-7-15/h4-5,8-9H,6-7,15H2,1-3H3. The molecule has 0 bridgehead atoms. The van der Waals surface area contributed by atoms with Gasteiger partial charge in [-0.15, -0.1) is 0 Å². The quantitative estimate of drug-likeness (QED) is 0.894. The normalized spacial score (nSPS) is 10.6. The number of benzene rings is 1. The molecule has 0 spiro atoms. The number of amides is 1. The number of nitrogens with zero attached hydrogens (tertiary/aromatic N) is 1. The number of halogens is 1. The summed E-state index contributed by atoms with van der Waals surface area (Å²) in [6.07, 6.45) is 0.378. The van der Waals surface area contributed by atoms with Gasteiger partial charge in [-0.3, -0.25) is 4.79 Å². The molecule has 0 saturated carbocycles. The van der Waals surface area contributed by atoms with Crippen molar-refractivity contribution in [3.63, 3.8) is 0 Å². The van der Waals surface area contributed by atoms with E-state index in [0.717, 1.165) is 5.69 Å². The Morgan fingerprint density at radius 3 is 2.67 bits per heavy atom. The van der Waals surface area contributed by atoms with Crippen LogP contribution < -0.4 is 15.4 Å². The molecule has 0 fully saturated rings. The third kappa shape index (κ3) is 3.89. The first-order valence-electron chi connectivity index (χ1n) is 5.88. The molecular formula is C13H19ClN2O2. The first-order chi connectivity index (χ1) is 8.45. The highest BCUT2D eigenvalue weighted by Gasteiger charge is 2.12. The number of rotatable bonds is 5. The van der Waals surface area contributed by atoms with Crippen LogP contribution in [0.4, 0.5) is 5.69 Å². The Bertz CT molecular complexity index is 421. The predicted molar refractivity (Wildman–Crippen MR) is 74.3 cm³/mol. The van der Waals surface area contributed by atoms with Gasteiger partial charge in [-0.05, 0) is 32.0 Å². The predicted octanol–water partition coefficient (Wildman–Crippen LogP) is 2.44. The van der Waals surface area contributed by atoms with Gasteiger partial charge < -0.3 is 15.4 Å². The van der Waals surface area contributed by atoms with Gasteiger partial charge in [-0.2, -0.15) is 0 Å². The molecule has 5 heteroatoms. The lowest BCUT2D eigenvalue weighted by atomic mass is 10.2. The van der Waals surface area contributed by atoms with Gasteiger partial charge in [0.1, 0.15) is 5.75 Å².